The molecule has 0 atom stereocenters. The van der Waals surface area contributed by atoms with Crippen molar-refractivity contribution in [3.8, 4) is 11.5 Å². The summed E-state index contributed by atoms with van der Waals surface area (Å²) in [7, 11) is 0. The first-order valence-electron chi connectivity index (χ1n) is 9.99. The van der Waals surface area contributed by atoms with Gasteiger partial charge in [-0.1, -0.05) is 47.5 Å². The van der Waals surface area contributed by atoms with Crippen molar-refractivity contribution in [2.75, 3.05) is 11.9 Å². The summed E-state index contributed by atoms with van der Waals surface area (Å²) in [5, 5.41) is 7.34. The van der Waals surface area contributed by atoms with E-state index in [1.807, 2.05) is 19.1 Å². The van der Waals surface area contributed by atoms with Crippen LogP contribution in [0.1, 0.15) is 18.1 Å². The molecule has 3 rings (SSSR count). The molecule has 0 spiro atoms. The van der Waals surface area contributed by atoms with Crippen LogP contribution < -0.4 is 20.2 Å². The van der Waals surface area contributed by atoms with Gasteiger partial charge in [0.1, 0.15) is 18.1 Å². The number of nitrogens with zero attached hydrogens (tertiary/aromatic N) is 1. The number of rotatable bonds is 8. The third kappa shape index (κ3) is 7.24. The smallest absolute Gasteiger partial charge is 0.329 e. The molecule has 0 aliphatic carbocycles. The maximum Gasteiger partial charge on any atom is 0.329 e. The normalized spacial score (nSPS) is 10.6. The number of carbonyl (C=O) groups excluding carboxylic acids is 2. The summed E-state index contributed by atoms with van der Waals surface area (Å²) in [4.78, 5) is 24.2. The van der Waals surface area contributed by atoms with Gasteiger partial charge in [0.25, 0.3) is 0 Å². The number of amides is 2. The number of hydrogen-bond donors (Lipinski definition) is 2. The van der Waals surface area contributed by atoms with Gasteiger partial charge in [0.05, 0.1) is 23.5 Å². The Labute approximate surface area is 201 Å². The van der Waals surface area contributed by atoms with Gasteiger partial charge < -0.3 is 14.8 Å². The molecule has 0 saturated heterocycles. The molecular formula is C24H21Cl2N3O4. The standard InChI is InChI=1S/C24H21Cl2N3O4/c1-2-32-22-6-4-3-5-20(22)28-23(30)24(31)29-27-14-17-9-12-21(19(26)13-17)33-15-16-7-10-18(25)11-8-16/h3-14H,2,15H2,1H3,(H,28,30)(H,29,31)/b27-14-. The predicted octanol–water partition coefficient (Wildman–Crippen LogP) is 5.06. The van der Waals surface area contributed by atoms with Gasteiger partial charge >= 0.3 is 11.8 Å². The van der Waals surface area contributed by atoms with Crippen LogP contribution in [-0.2, 0) is 16.2 Å². The van der Waals surface area contributed by atoms with Gasteiger partial charge in [0.2, 0.25) is 0 Å². The molecule has 2 amide bonds. The summed E-state index contributed by atoms with van der Waals surface area (Å²) in [6.07, 6.45) is 1.37. The van der Waals surface area contributed by atoms with Gasteiger partial charge in [-0.25, -0.2) is 5.43 Å². The third-order valence-corrected chi connectivity index (χ3v) is 4.83. The van der Waals surface area contributed by atoms with Crippen LogP contribution in [0.5, 0.6) is 11.5 Å². The van der Waals surface area contributed by atoms with Crippen LogP contribution in [-0.4, -0.2) is 24.6 Å². The van der Waals surface area contributed by atoms with Gasteiger partial charge in [-0.3, -0.25) is 9.59 Å². The van der Waals surface area contributed by atoms with E-state index >= 15 is 0 Å². The van der Waals surface area contributed by atoms with Gasteiger partial charge in [0, 0.05) is 5.02 Å². The molecular weight excluding hydrogens is 465 g/mol. The van der Waals surface area contributed by atoms with Crippen molar-refractivity contribution in [1.29, 1.82) is 0 Å². The zero-order valence-corrected chi connectivity index (χ0v) is 19.2. The fraction of sp³-hybridized carbons (Fsp3) is 0.125. The highest BCUT2D eigenvalue weighted by atomic mass is 35.5. The minimum Gasteiger partial charge on any atom is -0.492 e. The summed E-state index contributed by atoms with van der Waals surface area (Å²) < 4.78 is 11.1. The van der Waals surface area contributed by atoms with E-state index < -0.39 is 11.8 Å². The first-order valence-corrected chi connectivity index (χ1v) is 10.7. The molecule has 3 aromatic rings. The summed E-state index contributed by atoms with van der Waals surface area (Å²) in [6, 6.07) is 19.2. The van der Waals surface area contributed by atoms with Crippen LogP contribution in [0.4, 0.5) is 5.69 Å². The fourth-order valence-corrected chi connectivity index (χ4v) is 3.07. The van der Waals surface area contributed by atoms with E-state index in [9.17, 15) is 9.59 Å². The second kappa shape index (κ2) is 11.9. The Morgan fingerprint density at radius 2 is 1.70 bits per heavy atom. The second-order valence-corrected chi connectivity index (χ2v) is 7.53. The SMILES string of the molecule is CCOc1ccccc1NC(=O)C(=O)N/N=C\c1ccc(OCc2ccc(Cl)cc2)c(Cl)c1. The average molecular weight is 486 g/mol. The molecule has 9 heteroatoms. The van der Waals surface area contributed by atoms with Gasteiger partial charge in [-0.15, -0.1) is 0 Å². The molecule has 0 heterocycles. The van der Waals surface area contributed by atoms with E-state index in [0.717, 1.165) is 5.56 Å². The molecule has 33 heavy (non-hydrogen) atoms. The van der Waals surface area contributed by atoms with Crippen LogP contribution in [0.2, 0.25) is 10.0 Å². The van der Waals surface area contributed by atoms with Crippen molar-refractivity contribution in [2.24, 2.45) is 5.10 Å². The molecule has 2 N–H and O–H groups in total. The molecule has 0 aromatic heterocycles. The number of anilines is 1. The third-order valence-electron chi connectivity index (χ3n) is 4.28. The second-order valence-electron chi connectivity index (χ2n) is 6.69. The number of ether oxygens (including phenoxy) is 2. The molecule has 7 nitrogen and oxygen atoms in total. The molecule has 170 valence electrons. The Balaban J connectivity index is 1.53. The molecule has 0 aliphatic rings. The lowest BCUT2D eigenvalue weighted by atomic mass is 10.2. The quantitative estimate of drug-likeness (QED) is 0.265. The highest BCUT2D eigenvalue weighted by Crippen LogP contribution is 2.26. The molecule has 0 aliphatic heterocycles. The van der Waals surface area contributed by atoms with Crippen LogP contribution in [0, 0.1) is 0 Å². The lowest BCUT2D eigenvalue weighted by molar-refractivity contribution is -0.136. The Bertz CT molecular complexity index is 1150. The van der Waals surface area contributed by atoms with Crippen molar-refractivity contribution < 1.29 is 19.1 Å². The largest absolute Gasteiger partial charge is 0.492 e. The first-order chi connectivity index (χ1) is 16.0. The van der Waals surface area contributed by atoms with E-state index in [-0.39, 0.29) is 0 Å². The number of carbonyl (C=O) groups is 2. The summed E-state index contributed by atoms with van der Waals surface area (Å²) in [6.45, 7) is 2.59. The maximum absolute atomic E-state index is 12.1. The molecule has 0 saturated carbocycles. The molecule has 0 radical (unpaired) electrons. The Morgan fingerprint density at radius 1 is 0.939 bits per heavy atom. The van der Waals surface area contributed by atoms with E-state index in [0.29, 0.717) is 46.0 Å². The lowest BCUT2D eigenvalue weighted by Gasteiger charge is -2.10. The minimum absolute atomic E-state index is 0.335. The van der Waals surface area contributed by atoms with Crippen LogP contribution >= 0.6 is 23.2 Å². The minimum atomic E-state index is -0.924. The molecule has 0 unspecified atom stereocenters. The van der Waals surface area contributed by atoms with E-state index in [4.69, 9.17) is 32.7 Å². The van der Waals surface area contributed by atoms with Crippen LogP contribution in [0.15, 0.2) is 71.8 Å². The number of para-hydroxylation sites is 2. The highest BCUT2D eigenvalue weighted by Gasteiger charge is 2.15. The maximum atomic E-state index is 12.1. The zero-order chi connectivity index (χ0) is 23.6. The van der Waals surface area contributed by atoms with Crippen molar-refractivity contribution >= 4 is 46.9 Å². The number of hydrogen-bond acceptors (Lipinski definition) is 5. The van der Waals surface area contributed by atoms with Crippen molar-refractivity contribution in [2.45, 2.75) is 13.5 Å². The van der Waals surface area contributed by atoms with E-state index in [1.54, 1.807) is 54.6 Å². The number of hydrazone groups is 1. The number of nitrogens with one attached hydrogen (secondary N) is 2. The van der Waals surface area contributed by atoms with Crippen LogP contribution in [0.25, 0.3) is 0 Å². The van der Waals surface area contributed by atoms with Gasteiger partial charge in [-0.2, -0.15) is 5.10 Å². The molecule has 3 aromatic carbocycles. The van der Waals surface area contributed by atoms with Crippen LogP contribution in [0.3, 0.4) is 0 Å². The topological polar surface area (TPSA) is 89.0 Å². The fourth-order valence-electron chi connectivity index (χ4n) is 2.70. The van der Waals surface area contributed by atoms with Crippen molar-refractivity contribution in [1.82, 2.24) is 5.43 Å². The number of halogens is 2. The van der Waals surface area contributed by atoms with E-state index in [2.05, 4.69) is 15.8 Å². The van der Waals surface area contributed by atoms with Gasteiger partial charge in [-0.05, 0) is 60.5 Å². The Kier molecular flexibility index (Phi) is 8.69. The average Bonchev–Trinajstić information content (AvgIpc) is 2.81. The Morgan fingerprint density at radius 3 is 2.42 bits per heavy atom. The van der Waals surface area contributed by atoms with Gasteiger partial charge in [0.15, 0.2) is 0 Å². The molecule has 0 bridgehead atoms. The summed E-state index contributed by atoms with van der Waals surface area (Å²) in [5.41, 5.74) is 4.14. The lowest BCUT2D eigenvalue weighted by Crippen LogP contribution is -2.32. The number of benzene rings is 3. The monoisotopic (exact) mass is 485 g/mol. The predicted molar refractivity (Wildman–Crippen MR) is 129 cm³/mol. The Hall–Kier alpha value is -3.55. The zero-order valence-electron chi connectivity index (χ0n) is 17.7. The highest BCUT2D eigenvalue weighted by molar-refractivity contribution is 6.39. The first kappa shape index (κ1) is 24.1. The molecule has 0 fully saturated rings. The summed E-state index contributed by atoms with van der Waals surface area (Å²) in [5.74, 6) is -0.826. The van der Waals surface area contributed by atoms with Crippen molar-refractivity contribution in [3.63, 3.8) is 0 Å². The van der Waals surface area contributed by atoms with E-state index in [1.165, 1.54) is 6.21 Å². The van der Waals surface area contributed by atoms with Crippen molar-refractivity contribution in [3.05, 3.63) is 87.9 Å². The summed E-state index contributed by atoms with van der Waals surface area (Å²) >= 11 is 12.1.